The molecule has 0 bridgehead atoms. The molecule has 0 saturated heterocycles. The summed E-state index contributed by atoms with van der Waals surface area (Å²) in [5.41, 5.74) is 2.64. The number of hydrogen-bond acceptors (Lipinski definition) is 4. The second-order valence-electron chi connectivity index (χ2n) is 8.15. The van der Waals surface area contributed by atoms with Gasteiger partial charge in [-0.15, -0.1) is 0 Å². The third-order valence-corrected chi connectivity index (χ3v) is 7.89. The van der Waals surface area contributed by atoms with Gasteiger partial charge in [0.1, 0.15) is 5.82 Å². The van der Waals surface area contributed by atoms with Gasteiger partial charge < -0.3 is 9.47 Å². The number of fused-ring (bicyclic) bond motifs is 1. The maximum atomic E-state index is 12.9. The third kappa shape index (κ3) is 5.62. The van der Waals surface area contributed by atoms with Crippen molar-refractivity contribution in [1.82, 2.24) is 18.8 Å². The minimum Gasteiger partial charge on any atom is -0.341 e. The van der Waals surface area contributed by atoms with Crippen LogP contribution in [0.5, 0.6) is 0 Å². The predicted octanol–water partition coefficient (Wildman–Crippen LogP) is 4.07. The number of benzene rings is 2. The molecule has 7 nitrogen and oxygen atoms in total. The highest BCUT2D eigenvalue weighted by Crippen LogP contribution is 2.24. The summed E-state index contributed by atoms with van der Waals surface area (Å²) in [5.74, 6) is 0.865. The van der Waals surface area contributed by atoms with Crippen molar-refractivity contribution in [3.63, 3.8) is 0 Å². The quantitative estimate of drug-likeness (QED) is 0.423. The van der Waals surface area contributed by atoms with Crippen molar-refractivity contribution in [2.75, 3.05) is 20.1 Å². The predicted molar refractivity (Wildman–Crippen MR) is 131 cm³/mol. The molecule has 1 amide bonds. The summed E-state index contributed by atoms with van der Waals surface area (Å²) in [6.07, 6.45) is 1.77. The van der Waals surface area contributed by atoms with Gasteiger partial charge in [0.15, 0.2) is 0 Å². The van der Waals surface area contributed by atoms with Crippen LogP contribution in [-0.4, -0.2) is 53.2 Å². The summed E-state index contributed by atoms with van der Waals surface area (Å²) < 4.78 is 29.4. The van der Waals surface area contributed by atoms with E-state index in [2.05, 4.69) is 11.5 Å². The lowest BCUT2D eigenvalue weighted by molar-refractivity contribution is -0.130. The van der Waals surface area contributed by atoms with Crippen LogP contribution in [0.3, 0.4) is 0 Å². The van der Waals surface area contributed by atoms with E-state index in [1.54, 1.807) is 17.0 Å². The van der Waals surface area contributed by atoms with E-state index in [0.29, 0.717) is 38.0 Å². The van der Waals surface area contributed by atoms with Crippen LogP contribution in [0.25, 0.3) is 11.0 Å². The first kappa shape index (κ1) is 24.9. The van der Waals surface area contributed by atoms with E-state index in [4.69, 9.17) is 4.98 Å². The number of amides is 1. The minimum absolute atomic E-state index is 0.0544. The molecule has 0 atom stereocenters. The van der Waals surface area contributed by atoms with Gasteiger partial charge in [-0.3, -0.25) is 4.79 Å². The van der Waals surface area contributed by atoms with Crippen molar-refractivity contribution in [1.29, 1.82) is 0 Å². The molecule has 0 radical (unpaired) electrons. The zero-order valence-corrected chi connectivity index (χ0v) is 20.8. The Morgan fingerprint density at radius 2 is 1.73 bits per heavy atom. The molecule has 178 valence electrons. The number of nitrogens with zero attached hydrogens (tertiary/aromatic N) is 4. The Morgan fingerprint density at radius 1 is 1.03 bits per heavy atom. The van der Waals surface area contributed by atoms with Gasteiger partial charge in [-0.2, -0.15) is 4.31 Å². The Hall–Kier alpha value is -2.71. The van der Waals surface area contributed by atoms with Crippen molar-refractivity contribution in [2.45, 2.75) is 58.0 Å². The number of sulfonamides is 1. The molecule has 0 fully saturated rings. The summed E-state index contributed by atoms with van der Waals surface area (Å²) in [7, 11) is -1.74. The highest BCUT2D eigenvalue weighted by molar-refractivity contribution is 7.89. The summed E-state index contributed by atoms with van der Waals surface area (Å²) in [6, 6.07) is 15.1. The molecular formula is C25H34N4O3S. The molecule has 3 aromatic rings. The largest absolute Gasteiger partial charge is 0.341 e. The van der Waals surface area contributed by atoms with Gasteiger partial charge in [-0.1, -0.05) is 51.1 Å². The van der Waals surface area contributed by atoms with Gasteiger partial charge in [0.25, 0.3) is 0 Å². The average molecular weight is 471 g/mol. The Bertz CT molecular complexity index is 1190. The number of aromatic nitrogens is 2. The van der Waals surface area contributed by atoms with Crippen LogP contribution in [0.1, 0.15) is 45.0 Å². The van der Waals surface area contributed by atoms with Crippen LogP contribution in [0, 0.1) is 0 Å². The first-order valence-corrected chi connectivity index (χ1v) is 13.0. The molecule has 2 aromatic carbocycles. The van der Waals surface area contributed by atoms with Crippen LogP contribution < -0.4 is 0 Å². The van der Waals surface area contributed by atoms with E-state index in [-0.39, 0.29) is 10.8 Å². The molecule has 8 heteroatoms. The molecule has 0 saturated carbocycles. The first-order chi connectivity index (χ1) is 15.8. The first-order valence-electron chi connectivity index (χ1n) is 11.6. The second kappa shape index (κ2) is 10.9. The molecule has 0 N–H and O–H groups in total. The van der Waals surface area contributed by atoms with Gasteiger partial charge in [0, 0.05) is 46.1 Å². The van der Waals surface area contributed by atoms with E-state index >= 15 is 0 Å². The highest BCUT2D eigenvalue weighted by atomic mass is 32.2. The monoisotopic (exact) mass is 470 g/mol. The van der Waals surface area contributed by atoms with Gasteiger partial charge in [0.2, 0.25) is 15.9 Å². The van der Waals surface area contributed by atoms with Gasteiger partial charge in [-0.25, -0.2) is 13.4 Å². The topological polar surface area (TPSA) is 75.5 Å². The van der Waals surface area contributed by atoms with Crippen molar-refractivity contribution >= 4 is 27.0 Å². The fraction of sp³-hybridized carbons (Fsp3) is 0.440. The van der Waals surface area contributed by atoms with E-state index in [0.717, 1.165) is 29.9 Å². The molecule has 0 aliphatic carbocycles. The molecule has 33 heavy (non-hydrogen) atoms. The van der Waals surface area contributed by atoms with Crippen LogP contribution in [0.15, 0.2) is 53.4 Å². The second-order valence-corrected chi connectivity index (χ2v) is 10.1. The lowest BCUT2D eigenvalue weighted by atomic mass is 10.2. The van der Waals surface area contributed by atoms with Crippen LogP contribution in [-0.2, 0) is 34.3 Å². The number of imidazole rings is 1. The minimum atomic E-state index is -3.55. The smallest absolute Gasteiger partial charge is 0.243 e. The molecule has 0 unspecified atom stereocenters. The standard InChI is InChI=1S/C25H34N4O3S/c1-5-17-29-23-14-13-21(33(31,32)28(6-2)7-3)18-22(23)26-24(29)15-16-25(30)27(4)19-20-11-9-8-10-12-20/h8-14,18H,5-7,15-17,19H2,1-4H3. The molecule has 1 heterocycles. The molecular weight excluding hydrogens is 436 g/mol. The average Bonchev–Trinajstić information content (AvgIpc) is 3.15. The number of aryl methyl sites for hydroxylation is 2. The normalized spacial score (nSPS) is 11.9. The zero-order valence-electron chi connectivity index (χ0n) is 20.0. The lowest BCUT2D eigenvalue weighted by Gasteiger charge is -2.18. The molecule has 0 spiro atoms. The maximum absolute atomic E-state index is 12.9. The van der Waals surface area contributed by atoms with Crippen LogP contribution >= 0.6 is 0 Å². The van der Waals surface area contributed by atoms with E-state index in [1.165, 1.54) is 4.31 Å². The van der Waals surface area contributed by atoms with Crippen molar-refractivity contribution in [3.05, 3.63) is 59.9 Å². The molecule has 1 aromatic heterocycles. The highest BCUT2D eigenvalue weighted by Gasteiger charge is 2.23. The van der Waals surface area contributed by atoms with Gasteiger partial charge in [-0.05, 0) is 30.2 Å². The van der Waals surface area contributed by atoms with Gasteiger partial charge >= 0.3 is 0 Å². The number of hydrogen-bond donors (Lipinski definition) is 0. The SMILES string of the molecule is CCCn1c(CCC(=O)N(C)Cc2ccccc2)nc2cc(S(=O)(=O)N(CC)CC)ccc21. The fourth-order valence-corrected chi connectivity index (χ4v) is 5.53. The van der Waals surface area contributed by atoms with Crippen molar-refractivity contribution in [2.24, 2.45) is 0 Å². The third-order valence-electron chi connectivity index (χ3n) is 5.84. The van der Waals surface area contributed by atoms with E-state index in [1.807, 2.05) is 57.3 Å². The number of carbonyl (C=O) groups is 1. The van der Waals surface area contributed by atoms with Gasteiger partial charge in [0.05, 0.1) is 15.9 Å². The summed E-state index contributed by atoms with van der Waals surface area (Å²) in [5, 5.41) is 0. The van der Waals surface area contributed by atoms with Crippen LogP contribution in [0.4, 0.5) is 0 Å². The van der Waals surface area contributed by atoms with E-state index < -0.39 is 10.0 Å². The number of rotatable bonds is 11. The van der Waals surface area contributed by atoms with Crippen molar-refractivity contribution < 1.29 is 13.2 Å². The van der Waals surface area contributed by atoms with Crippen molar-refractivity contribution in [3.8, 4) is 0 Å². The molecule has 0 aliphatic heterocycles. The number of carbonyl (C=O) groups excluding carboxylic acids is 1. The van der Waals surface area contributed by atoms with E-state index in [9.17, 15) is 13.2 Å². The van der Waals surface area contributed by atoms with Crippen LogP contribution in [0.2, 0.25) is 0 Å². The fourth-order valence-electron chi connectivity index (χ4n) is 4.05. The Kier molecular flexibility index (Phi) is 8.26. The summed E-state index contributed by atoms with van der Waals surface area (Å²) in [6.45, 7) is 7.93. The Balaban J connectivity index is 1.82. The maximum Gasteiger partial charge on any atom is 0.243 e. The lowest BCUT2D eigenvalue weighted by Crippen LogP contribution is -2.30. The zero-order chi connectivity index (χ0) is 24.0. The molecule has 0 aliphatic rings. The Morgan fingerprint density at radius 3 is 2.36 bits per heavy atom. The Labute approximate surface area is 197 Å². The molecule has 3 rings (SSSR count). The summed E-state index contributed by atoms with van der Waals surface area (Å²) in [4.78, 5) is 19.5. The summed E-state index contributed by atoms with van der Waals surface area (Å²) >= 11 is 0.